The number of aliphatic hydroxyl groups is 1. The minimum Gasteiger partial charge on any atom is -0.457 e. The predicted octanol–water partition coefficient (Wildman–Crippen LogP) is 2.44. The molecule has 1 amide bonds. The first-order chi connectivity index (χ1) is 10.4. The Morgan fingerprint density at radius 2 is 1.64 bits per heavy atom. The van der Waals surface area contributed by atoms with Crippen LogP contribution in [0.5, 0.6) is 11.5 Å². The van der Waals surface area contributed by atoms with Gasteiger partial charge in [0.25, 0.3) is 0 Å². The van der Waals surface area contributed by atoms with Crippen molar-refractivity contribution in [1.82, 2.24) is 0 Å². The number of nitrogens with one attached hydrogen (secondary N) is 1. The van der Waals surface area contributed by atoms with Crippen LogP contribution >= 0.6 is 0 Å². The second kappa shape index (κ2) is 6.60. The molecule has 0 heterocycles. The van der Waals surface area contributed by atoms with Crippen LogP contribution in [0.2, 0.25) is 0 Å². The lowest BCUT2D eigenvalue weighted by Gasteiger charge is -2.20. The van der Waals surface area contributed by atoms with Gasteiger partial charge in [-0.2, -0.15) is 0 Å². The fourth-order valence-corrected chi connectivity index (χ4v) is 1.69. The van der Waals surface area contributed by atoms with Crippen LogP contribution in [0.3, 0.4) is 0 Å². The molecule has 0 radical (unpaired) electrons. The SMILES string of the molecule is Cc1ccc(Oc2ccc(NC(=O)[C@@](C)(N)CO)cc2)cc1. The van der Waals surface area contributed by atoms with Crippen molar-refractivity contribution in [2.45, 2.75) is 19.4 Å². The van der Waals surface area contributed by atoms with E-state index < -0.39 is 18.1 Å². The normalized spacial score (nSPS) is 13.3. The average molecular weight is 300 g/mol. The number of anilines is 1. The number of hydrogen-bond acceptors (Lipinski definition) is 4. The van der Waals surface area contributed by atoms with Gasteiger partial charge in [-0.15, -0.1) is 0 Å². The number of hydrogen-bond donors (Lipinski definition) is 3. The third-order valence-electron chi connectivity index (χ3n) is 3.22. The number of rotatable bonds is 5. The Labute approximate surface area is 129 Å². The lowest BCUT2D eigenvalue weighted by molar-refractivity contribution is -0.121. The van der Waals surface area contributed by atoms with Gasteiger partial charge in [0, 0.05) is 5.69 Å². The Bertz CT molecular complexity index is 634. The zero-order chi connectivity index (χ0) is 16.2. The summed E-state index contributed by atoms with van der Waals surface area (Å²) in [7, 11) is 0. The summed E-state index contributed by atoms with van der Waals surface area (Å²) in [5.41, 5.74) is 6.11. The van der Waals surface area contributed by atoms with Crippen LogP contribution in [0.25, 0.3) is 0 Å². The molecule has 0 bridgehead atoms. The van der Waals surface area contributed by atoms with Gasteiger partial charge in [-0.05, 0) is 50.2 Å². The maximum atomic E-state index is 11.8. The molecule has 0 fully saturated rings. The molecule has 0 aliphatic rings. The first-order valence-electron chi connectivity index (χ1n) is 6.96. The van der Waals surface area contributed by atoms with E-state index in [1.165, 1.54) is 12.5 Å². The topological polar surface area (TPSA) is 84.6 Å². The highest BCUT2D eigenvalue weighted by atomic mass is 16.5. The number of nitrogens with two attached hydrogens (primary N) is 1. The molecule has 0 saturated carbocycles. The van der Waals surface area contributed by atoms with E-state index in [1.54, 1.807) is 24.3 Å². The summed E-state index contributed by atoms with van der Waals surface area (Å²) >= 11 is 0. The molecule has 4 N–H and O–H groups in total. The molecule has 116 valence electrons. The molecule has 0 spiro atoms. The number of benzene rings is 2. The second-order valence-corrected chi connectivity index (χ2v) is 5.47. The van der Waals surface area contributed by atoms with E-state index in [1.807, 2.05) is 31.2 Å². The van der Waals surface area contributed by atoms with Crippen LogP contribution in [0.1, 0.15) is 12.5 Å². The van der Waals surface area contributed by atoms with Crippen LogP contribution in [0.15, 0.2) is 48.5 Å². The molecule has 1 atom stereocenters. The van der Waals surface area contributed by atoms with E-state index in [0.29, 0.717) is 11.4 Å². The van der Waals surface area contributed by atoms with E-state index >= 15 is 0 Å². The standard InChI is InChI=1S/C17H20N2O3/c1-12-3-7-14(8-4-12)22-15-9-5-13(6-10-15)19-16(21)17(2,18)11-20/h3-10,20H,11,18H2,1-2H3,(H,19,21)/t17-/m0/s1. The molecule has 5 heteroatoms. The van der Waals surface area contributed by atoms with E-state index in [-0.39, 0.29) is 0 Å². The summed E-state index contributed by atoms with van der Waals surface area (Å²) in [6.45, 7) is 3.06. The van der Waals surface area contributed by atoms with Gasteiger partial charge in [0.2, 0.25) is 5.91 Å². The Balaban J connectivity index is 2.01. The summed E-state index contributed by atoms with van der Waals surface area (Å²) in [5.74, 6) is 0.971. The van der Waals surface area contributed by atoms with Crippen molar-refractivity contribution in [3.8, 4) is 11.5 Å². The molecule has 0 aliphatic heterocycles. The zero-order valence-electron chi connectivity index (χ0n) is 12.7. The van der Waals surface area contributed by atoms with Crippen molar-refractivity contribution in [2.75, 3.05) is 11.9 Å². The quantitative estimate of drug-likeness (QED) is 0.792. The summed E-state index contributed by atoms with van der Waals surface area (Å²) in [6.07, 6.45) is 0. The molecule has 2 aromatic rings. The van der Waals surface area contributed by atoms with Crippen molar-refractivity contribution in [1.29, 1.82) is 0 Å². The maximum Gasteiger partial charge on any atom is 0.246 e. The van der Waals surface area contributed by atoms with Crippen LogP contribution in [-0.2, 0) is 4.79 Å². The number of carbonyl (C=O) groups excluding carboxylic acids is 1. The molecule has 0 aromatic heterocycles. The highest BCUT2D eigenvalue weighted by molar-refractivity contribution is 5.97. The van der Waals surface area contributed by atoms with Crippen LogP contribution < -0.4 is 15.8 Å². The van der Waals surface area contributed by atoms with Crippen LogP contribution in [0.4, 0.5) is 5.69 Å². The monoisotopic (exact) mass is 300 g/mol. The Morgan fingerprint density at radius 3 is 2.14 bits per heavy atom. The van der Waals surface area contributed by atoms with Gasteiger partial charge in [-0.1, -0.05) is 17.7 Å². The number of aryl methyl sites for hydroxylation is 1. The molecular formula is C17H20N2O3. The average Bonchev–Trinajstić information content (AvgIpc) is 2.51. The van der Waals surface area contributed by atoms with Gasteiger partial charge >= 0.3 is 0 Å². The van der Waals surface area contributed by atoms with E-state index in [9.17, 15) is 4.79 Å². The highest BCUT2D eigenvalue weighted by Crippen LogP contribution is 2.23. The molecular weight excluding hydrogens is 280 g/mol. The molecule has 0 saturated heterocycles. The molecule has 22 heavy (non-hydrogen) atoms. The fourth-order valence-electron chi connectivity index (χ4n) is 1.69. The molecule has 0 aliphatic carbocycles. The molecule has 2 aromatic carbocycles. The molecule has 0 unspecified atom stereocenters. The van der Waals surface area contributed by atoms with Crippen molar-refractivity contribution in [2.24, 2.45) is 5.73 Å². The van der Waals surface area contributed by atoms with Gasteiger partial charge in [0.1, 0.15) is 17.0 Å². The highest BCUT2D eigenvalue weighted by Gasteiger charge is 2.27. The van der Waals surface area contributed by atoms with E-state index in [4.69, 9.17) is 15.6 Å². The lowest BCUT2D eigenvalue weighted by Crippen LogP contribution is -2.51. The Morgan fingerprint density at radius 1 is 1.14 bits per heavy atom. The predicted molar refractivity (Wildman–Crippen MR) is 86.0 cm³/mol. The third-order valence-corrected chi connectivity index (χ3v) is 3.22. The number of carbonyl (C=O) groups is 1. The number of amides is 1. The van der Waals surface area contributed by atoms with Gasteiger partial charge in [-0.25, -0.2) is 0 Å². The van der Waals surface area contributed by atoms with Crippen molar-refractivity contribution >= 4 is 11.6 Å². The minimum absolute atomic E-state index is 0.423. The summed E-state index contributed by atoms with van der Waals surface area (Å²) in [6, 6.07) is 14.7. The lowest BCUT2D eigenvalue weighted by atomic mass is 10.0. The number of ether oxygens (including phenoxy) is 1. The third kappa shape index (κ3) is 4.07. The van der Waals surface area contributed by atoms with Crippen molar-refractivity contribution in [3.63, 3.8) is 0 Å². The fraction of sp³-hybridized carbons (Fsp3) is 0.235. The van der Waals surface area contributed by atoms with Gasteiger partial charge in [0.05, 0.1) is 6.61 Å². The molecule has 2 rings (SSSR count). The first-order valence-corrected chi connectivity index (χ1v) is 6.96. The van der Waals surface area contributed by atoms with Crippen molar-refractivity contribution < 1.29 is 14.6 Å². The Hall–Kier alpha value is -2.37. The minimum atomic E-state index is -1.31. The maximum absolute atomic E-state index is 11.8. The van der Waals surface area contributed by atoms with Crippen molar-refractivity contribution in [3.05, 3.63) is 54.1 Å². The smallest absolute Gasteiger partial charge is 0.246 e. The van der Waals surface area contributed by atoms with Crippen LogP contribution in [0, 0.1) is 6.92 Å². The van der Waals surface area contributed by atoms with Gasteiger partial charge in [0.15, 0.2) is 0 Å². The second-order valence-electron chi connectivity index (χ2n) is 5.47. The summed E-state index contributed by atoms with van der Waals surface area (Å²) in [5, 5.41) is 11.7. The number of aliphatic hydroxyl groups excluding tert-OH is 1. The van der Waals surface area contributed by atoms with E-state index in [0.717, 1.165) is 5.75 Å². The zero-order valence-corrected chi connectivity index (χ0v) is 12.7. The molecule has 5 nitrogen and oxygen atoms in total. The first kappa shape index (κ1) is 16.0. The Kier molecular flexibility index (Phi) is 4.80. The largest absolute Gasteiger partial charge is 0.457 e. The van der Waals surface area contributed by atoms with Gasteiger partial charge in [-0.3, -0.25) is 4.79 Å². The summed E-state index contributed by atoms with van der Waals surface area (Å²) < 4.78 is 5.70. The van der Waals surface area contributed by atoms with E-state index in [2.05, 4.69) is 5.32 Å². The van der Waals surface area contributed by atoms with Gasteiger partial charge < -0.3 is 20.9 Å². The van der Waals surface area contributed by atoms with Crippen LogP contribution in [-0.4, -0.2) is 23.2 Å². The summed E-state index contributed by atoms with van der Waals surface area (Å²) in [4.78, 5) is 11.8.